The van der Waals surface area contributed by atoms with Crippen molar-refractivity contribution in [2.24, 2.45) is 11.7 Å². The van der Waals surface area contributed by atoms with Crippen molar-refractivity contribution in [1.82, 2.24) is 14.5 Å². The molecule has 0 aliphatic carbocycles. The molecule has 0 spiro atoms. The third-order valence-electron chi connectivity index (χ3n) is 3.17. The highest BCUT2D eigenvalue weighted by Gasteiger charge is 2.15. The summed E-state index contributed by atoms with van der Waals surface area (Å²) in [6, 6.07) is 4.07. The molecule has 2 N–H and O–H groups in total. The van der Waals surface area contributed by atoms with Gasteiger partial charge in [-0.3, -0.25) is 0 Å². The van der Waals surface area contributed by atoms with E-state index in [0.717, 1.165) is 30.0 Å². The lowest BCUT2D eigenvalue weighted by Gasteiger charge is -2.15. The van der Waals surface area contributed by atoms with Gasteiger partial charge in [0.25, 0.3) is 0 Å². The standard InChI is InChI=1S/C13H20N4/c1-4-17-12(8-10(14)9(2)3)16-11-6-5-7-15-13(11)17/h5-7,9-10H,4,8,14H2,1-3H3. The van der Waals surface area contributed by atoms with Crippen LogP contribution in [0.5, 0.6) is 0 Å². The molecule has 0 aliphatic rings. The number of nitrogens with two attached hydrogens (primary N) is 1. The Morgan fingerprint density at radius 1 is 1.41 bits per heavy atom. The van der Waals surface area contributed by atoms with Crippen LogP contribution in [0.2, 0.25) is 0 Å². The third kappa shape index (κ3) is 2.31. The summed E-state index contributed by atoms with van der Waals surface area (Å²) in [5, 5.41) is 0. The Morgan fingerprint density at radius 3 is 2.82 bits per heavy atom. The van der Waals surface area contributed by atoms with Crippen molar-refractivity contribution >= 4 is 11.2 Å². The minimum atomic E-state index is 0.150. The summed E-state index contributed by atoms with van der Waals surface area (Å²) in [6.07, 6.45) is 2.62. The van der Waals surface area contributed by atoms with Gasteiger partial charge in [-0.2, -0.15) is 0 Å². The quantitative estimate of drug-likeness (QED) is 0.877. The maximum Gasteiger partial charge on any atom is 0.159 e. The van der Waals surface area contributed by atoms with E-state index >= 15 is 0 Å². The van der Waals surface area contributed by atoms with E-state index in [1.54, 1.807) is 0 Å². The molecule has 2 aromatic heterocycles. The van der Waals surface area contributed by atoms with Crippen molar-refractivity contribution in [3.63, 3.8) is 0 Å². The van der Waals surface area contributed by atoms with E-state index in [0.29, 0.717) is 5.92 Å². The van der Waals surface area contributed by atoms with Gasteiger partial charge in [-0.25, -0.2) is 9.97 Å². The lowest BCUT2D eigenvalue weighted by atomic mass is 10.0. The molecule has 0 radical (unpaired) electrons. The predicted molar refractivity (Wildman–Crippen MR) is 69.7 cm³/mol. The zero-order valence-electron chi connectivity index (χ0n) is 10.7. The van der Waals surface area contributed by atoms with E-state index in [4.69, 9.17) is 5.73 Å². The lowest BCUT2D eigenvalue weighted by Crippen LogP contribution is -2.30. The molecule has 0 saturated heterocycles. The third-order valence-corrected chi connectivity index (χ3v) is 3.17. The fourth-order valence-corrected chi connectivity index (χ4v) is 1.94. The Hall–Kier alpha value is -1.42. The molecule has 1 unspecified atom stereocenters. The maximum atomic E-state index is 6.12. The van der Waals surface area contributed by atoms with Crippen molar-refractivity contribution in [1.29, 1.82) is 0 Å². The van der Waals surface area contributed by atoms with E-state index in [1.807, 2.05) is 18.3 Å². The summed E-state index contributed by atoms with van der Waals surface area (Å²) in [5.41, 5.74) is 8.04. The monoisotopic (exact) mass is 232 g/mol. The number of pyridine rings is 1. The summed E-state index contributed by atoms with van der Waals surface area (Å²) in [4.78, 5) is 9.01. The van der Waals surface area contributed by atoms with Crippen LogP contribution in [0.25, 0.3) is 11.2 Å². The molecule has 2 heterocycles. The van der Waals surface area contributed by atoms with Crippen LogP contribution >= 0.6 is 0 Å². The zero-order valence-corrected chi connectivity index (χ0v) is 10.7. The molecule has 4 nitrogen and oxygen atoms in total. The zero-order chi connectivity index (χ0) is 12.4. The lowest BCUT2D eigenvalue weighted by molar-refractivity contribution is 0.474. The molecule has 1 atom stereocenters. The highest BCUT2D eigenvalue weighted by atomic mass is 15.1. The van der Waals surface area contributed by atoms with Crippen LogP contribution in [0.4, 0.5) is 0 Å². The fraction of sp³-hybridized carbons (Fsp3) is 0.538. The number of hydrogen-bond acceptors (Lipinski definition) is 3. The molecule has 0 amide bonds. The summed E-state index contributed by atoms with van der Waals surface area (Å²) >= 11 is 0. The maximum absolute atomic E-state index is 6.12. The highest BCUT2D eigenvalue weighted by molar-refractivity contribution is 5.71. The Kier molecular flexibility index (Phi) is 3.43. The fourth-order valence-electron chi connectivity index (χ4n) is 1.94. The molecule has 0 fully saturated rings. The van der Waals surface area contributed by atoms with E-state index in [1.165, 1.54) is 0 Å². The van der Waals surface area contributed by atoms with Gasteiger partial charge in [-0.1, -0.05) is 13.8 Å². The Bertz CT molecular complexity index is 501. The van der Waals surface area contributed by atoms with Crippen LogP contribution in [-0.2, 0) is 13.0 Å². The molecule has 92 valence electrons. The predicted octanol–water partition coefficient (Wildman–Crippen LogP) is 1.98. The second kappa shape index (κ2) is 4.84. The summed E-state index contributed by atoms with van der Waals surface area (Å²) in [5.74, 6) is 1.51. The Balaban J connectivity index is 2.39. The summed E-state index contributed by atoms with van der Waals surface area (Å²) in [6.45, 7) is 7.28. The molecule has 0 saturated carbocycles. The minimum absolute atomic E-state index is 0.150. The first-order valence-corrected chi connectivity index (χ1v) is 6.19. The molecule has 2 rings (SSSR count). The number of nitrogens with zero attached hydrogens (tertiary/aromatic N) is 3. The molecule has 4 heteroatoms. The minimum Gasteiger partial charge on any atom is -0.327 e. The first kappa shape index (κ1) is 12.0. The number of fused-ring (bicyclic) bond motifs is 1. The smallest absolute Gasteiger partial charge is 0.159 e. The van der Waals surface area contributed by atoms with Gasteiger partial charge in [-0.05, 0) is 25.0 Å². The van der Waals surface area contributed by atoms with Gasteiger partial charge < -0.3 is 10.3 Å². The molecular weight excluding hydrogens is 212 g/mol. The Labute approximate surface area is 102 Å². The summed E-state index contributed by atoms with van der Waals surface area (Å²) in [7, 11) is 0. The van der Waals surface area contributed by atoms with Crippen molar-refractivity contribution < 1.29 is 0 Å². The van der Waals surface area contributed by atoms with Crippen LogP contribution in [0, 0.1) is 5.92 Å². The number of imidazole rings is 1. The van der Waals surface area contributed by atoms with Gasteiger partial charge in [0, 0.05) is 25.2 Å². The van der Waals surface area contributed by atoms with Gasteiger partial charge in [0.1, 0.15) is 11.3 Å². The van der Waals surface area contributed by atoms with Gasteiger partial charge in [0.05, 0.1) is 0 Å². The molecule has 0 aromatic carbocycles. The van der Waals surface area contributed by atoms with E-state index in [9.17, 15) is 0 Å². The van der Waals surface area contributed by atoms with E-state index < -0.39 is 0 Å². The number of aromatic nitrogens is 3. The first-order chi connectivity index (χ1) is 8.13. The second-order valence-electron chi connectivity index (χ2n) is 4.73. The number of hydrogen-bond donors (Lipinski definition) is 1. The van der Waals surface area contributed by atoms with E-state index in [-0.39, 0.29) is 6.04 Å². The topological polar surface area (TPSA) is 56.7 Å². The van der Waals surface area contributed by atoms with Crippen molar-refractivity contribution in [2.45, 2.75) is 39.8 Å². The summed E-state index contributed by atoms with van der Waals surface area (Å²) < 4.78 is 2.15. The van der Waals surface area contributed by atoms with Gasteiger partial charge in [0.2, 0.25) is 0 Å². The molecule has 17 heavy (non-hydrogen) atoms. The average Bonchev–Trinajstić information content (AvgIpc) is 2.65. The van der Waals surface area contributed by atoms with Gasteiger partial charge in [0.15, 0.2) is 5.65 Å². The van der Waals surface area contributed by atoms with Crippen molar-refractivity contribution in [2.75, 3.05) is 0 Å². The van der Waals surface area contributed by atoms with Gasteiger partial charge >= 0.3 is 0 Å². The normalized spacial score (nSPS) is 13.5. The van der Waals surface area contributed by atoms with Crippen LogP contribution in [0.1, 0.15) is 26.6 Å². The molecule has 2 aromatic rings. The van der Waals surface area contributed by atoms with Crippen molar-refractivity contribution in [3.05, 3.63) is 24.2 Å². The molecular formula is C13H20N4. The number of aryl methyl sites for hydroxylation is 1. The van der Waals surface area contributed by atoms with Crippen molar-refractivity contribution in [3.8, 4) is 0 Å². The average molecular weight is 232 g/mol. The first-order valence-electron chi connectivity index (χ1n) is 6.19. The SMILES string of the molecule is CCn1c(CC(N)C(C)C)nc2cccnc21. The largest absolute Gasteiger partial charge is 0.327 e. The molecule has 0 aliphatic heterocycles. The van der Waals surface area contributed by atoms with Crippen LogP contribution in [0.15, 0.2) is 18.3 Å². The Morgan fingerprint density at radius 2 is 2.18 bits per heavy atom. The van der Waals surface area contributed by atoms with Crippen LogP contribution in [0.3, 0.4) is 0 Å². The van der Waals surface area contributed by atoms with Crippen LogP contribution < -0.4 is 5.73 Å². The van der Waals surface area contributed by atoms with Gasteiger partial charge in [-0.15, -0.1) is 0 Å². The van der Waals surface area contributed by atoms with Crippen LogP contribution in [-0.4, -0.2) is 20.6 Å². The van der Waals surface area contributed by atoms with E-state index in [2.05, 4.69) is 35.3 Å². The number of rotatable bonds is 4. The highest BCUT2D eigenvalue weighted by Crippen LogP contribution is 2.15. The molecule has 0 bridgehead atoms. The second-order valence-corrected chi connectivity index (χ2v) is 4.73.